The normalized spacial score (nSPS) is 22.3. The molecule has 0 amide bonds. The molecule has 1 heterocycles. The number of aliphatic hydroxyl groups is 1. The molecule has 1 unspecified atom stereocenters. The largest absolute Gasteiger partial charge is 0.388 e. The number of hydrogen-bond acceptors (Lipinski definition) is 1. The van der Waals surface area contributed by atoms with E-state index in [-0.39, 0.29) is 11.5 Å². The first-order valence-electron chi connectivity index (χ1n) is 6.00. The zero-order chi connectivity index (χ0) is 12.8. The van der Waals surface area contributed by atoms with Crippen molar-refractivity contribution in [3.8, 4) is 0 Å². The number of allylic oxidation sites excluding steroid dienone is 1. The average Bonchev–Trinajstić information content (AvgIpc) is 2.43. The molecule has 1 aliphatic rings. The third-order valence-electron chi connectivity index (χ3n) is 3.53. The summed E-state index contributed by atoms with van der Waals surface area (Å²) in [5, 5.41) is 10.2. The number of rotatable bonds is 2. The molecular formula is C14H20BrNO. The van der Waals surface area contributed by atoms with Gasteiger partial charge in [-0.15, -0.1) is 0 Å². The first kappa shape index (κ1) is 12.9. The maximum absolute atomic E-state index is 10.2. The van der Waals surface area contributed by atoms with Gasteiger partial charge in [0, 0.05) is 21.4 Å². The van der Waals surface area contributed by atoms with Crippen molar-refractivity contribution in [1.29, 1.82) is 0 Å². The Labute approximate surface area is 111 Å². The molecular weight excluding hydrogens is 278 g/mol. The maximum Gasteiger partial charge on any atom is 0.0812 e. The van der Waals surface area contributed by atoms with Gasteiger partial charge in [-0.1, -0.05) is 36.4 Å². The van der Waals surface area contributed by atoms with Crippen LogP contribution >= 0.6 is 15.9 Å². The zero-order valence-electron chi connectivity index (χ0n) is 10.8. The van der Waals surface area contributed by atoms with Gasteiger partial charge < -0.3 is 9.67 Å². The summed E-state index contributed by atoms with van der Waals surface area (Å²) in [6, 6.07) is 2.12. The van der Waals surface area contributed by atoms with Gasteiger partial charge in [0.15, 0.2) is 0 Å². The lowest BCUT2D eigenvalue weighted by Gasteiger charge is -2.34. The molecule has 0 saturated carbocycles. The van der Waals surface area contributed by atoms with Gasteiger partial charge in [0.2, 0.25) is 0 Å². The third kappa shape index (κ3) is 2.50. The van der Waals surface area contributed by atoms with Crippen LogP contribution in [0.5, 0.6) is 0 Å². The second kappa shape index (κ2) is 4.29. The molecule has 0 spiro atoms. The highest BCUT2D eigenvalue weighted by molar-refractivity contribution is 9.11. The number of aromatic nitrogens is 1. The van der Waals surface area contributed by atoms with Crippen molar-refractivity contribution in [2.45, 2.75) is 46.3 Å². The second-order valence-corrected chi connectivity index (χ2v) is 6.97. The van der Waals surface area contributed by atoms with E-state index in [0.717, 1.165) is 29.4 Å². The SMILES string of the molecule is C=C(Br)Cn1c(C)cc2c1CC(C)(C)CC2O. The lowest BCUT2D eigenvalue weighted by molar-refractivity contribution is 0.0981. The fourth-order valence-corrected chi connectivity index (χ4v) is 3.04. The van der Waals surface area contributed by atoms with Crippen molar-refractivity contribution in [1.82, 2.24) is 4.57 Å². The summed E-state index contributed by atoms with van der Waals surface area (Å²) in [7, 11) is 0. The molecule has 94 valence electrons. The zero-order valence-corrected chi connectivity index (χ0v) is 12.3. The molecule has 1 atom stereocenters. The predicted molar refractivity (Wildman–Crippen MR) is 74.3 cm³/mol. The van der Waals surface area contributed by atoms with Crippen molar-refractivity contribution in [3.05, 3.63) is 34.1 Å². The van der Waals surface area contributed by atoms with Crippen molar-refractivity contribution in [3.63, 3.8) is 0 Å². The molecule has 0 bridgehead atoms. The summed E-state index contributed by atoms with van der Waals surface area (Å²) in [4.78, 5) is 0. The van der Waals surface area contributed by atoms with E-state index in [2.05, 4.69) is 53.9 Å². The summed E-state index contributed by atoms with van der Waals surface area (Å²) in [5.41, 5.74) is 3.75. The Hall–Kier alpha value is -0.540. The number of nitrogens with zero attached hydrogens (tertiary/aromatic N) is 1. The number of hydrogen-bond donors (Lipinski definition) is 1. The van der Waals surface area contributed by atoms with E-state index in [9.17, 15) is 5.11 Å². The second-order valence-electron chi connectivity index (χ2n) is 5.85. The van der Waals surface area contributed by atoms with Gasteiger partial charge in [-0.2, -0.15) is 0 Å². The van der Waals surface area contributed by atoms with Gasteiger partial charge >= 0.3 is 0 Å². The smallest absolute Gasteiger partial charge is 0.0812 e. The summed E-state index contributed by atoms with van der Waals surface area (Å²) in [5.74, 6) is 0. The van der Waals surface area contributed by atoms with E-state index in [1.54, 1.807) is 0 Å². The minimum Gasteiger partial charge on any atom is -0.388 e. The van der Waals surface area contributed by atoms with Crippen LogP contribution in [0.15, 0.2) is 17.1 Å². The number of halogens is 1. The van der Waals surface area contributed by atoms with Gasteiger partial charge in [0.05, 0.1) is 12.6 Å². The highest BCUT2D eigenvalue weighted by Crippen LogP contribution is 2.42. The Morgan fingerprint density at radius 3 is 2.88 bits per heavy atom. The molecule has 3 heteroatoms. The Morgan fingerprint density at radius 2 is 2.29 bits per heavy atom. The van der Waals surface area contributed by atoms with Gasteiger partial charge in [-0.3, -0.25) is 0 Å². The van der Waals surface area contributed by atoms with E-state index in [1.165, 1.54) is 11.4 Å². The topological polar surface area (TPSA) is 25.2 Å². The molecule has 0 saturated heterocycles. The maximum atomic E-state index is 10.2. The Kier molecular flexibility index (Phi) is 3.25. The molecule has 0 aliphatic heterocycles. The lowest BCUT2D eigenvalue weighted by Crippen LogP contribution is -2.27. The van der Waals surface area contributed by atoms with Crippen molar-refractivity contribution >= 4 is 15.9 Å². The van der Waals surface area contributed by atoms with Crippen molar-refractivity contribution in [2.24, 2.45) is 5.41 Å². The van der Waals surface area contributed by atoms with Gasteiger partial charge in [0.25, 0.3) is 0 Å². The van der Waals surface area contributed by atoms with Crippen LogP contribution in [0.25, 0.3) is 0 Å². The van der Waals surface area contributed by atoms with Crippen molar-refractivity contribution < 1.29 is 5.11 Å². The van der Waals surface area contributed by atoms with E-state index in [0.29, 0.717) is 0 Å². The fraction of sp³-hybridized carbons (Fsp3) is 0.571. The summed E-state index contributed by atoms with van der Waals surface area (Å²) in [6.07, 6.45) is 1.55. The summed E-state index contributed by atoms with van der Waals surface area (Å²) in [6.45, 7) is 11.2. The van der Waals surface area contributed by atoms with E-state index >= 15 is 0 Å². The monoisotopic (exact) mass is 297 g/mol. The molecule has 1 aliphatic carbocycles. The molecule has 0 radical (unpaired) electrons. The number of aryl methyl sites for hydroxylation is 1. The third-order valence-corrected chi connectivity index (χ3v) is 3.78. The van der Waals surface area contributed by atoms with Gasteiger partial charge in [-0.25, -0.2) is 0 Å². The van der Waals surface area contributed by atoms with Crippen LogP contribution in [-0.4, -0.2) is 9.67 Å². The van der Waals surface area contributed by atoms with Crippen molar-refractivity contribution in [2.75, 3.05) is 0 Å². The van der Waals surface area contributed by atoms with Crippen LogP contribution in [0.4, 0.5) is 0 Å². The van der Waals surface area contributed by atoms with Crippen LogP contribution in [0.1, 0.15) is 43.3 Å². The van der Waals surface area contributed by atoms with Crippen LogP contribution < -0.4 is 0 Å². The molecule has 1 aromatic rings. The first-order valence-corrected chi connectivity index (χ1v) is 6.80. The molecule has 2 rings (SSSR count). The molecule has 2 nitrogen and oxygen atoms in total. The quantitative estimate of drug-likeness (QED) is 0.884. The minimum absolute atomic E-state index is 0.169. The summed E-state index contributed by atoms with van der Waals surface area (Å²) >= 11 is 3.42. The number of fused-ring (bicyclic) bond motifs is 1. The summed E-state index contributed by atoms with van der Waals surface area (Å²) < 4.78 is 3.23. The van der Waals surface area contributed by atoms with Crippen LogP contribution in [0, 0.1) is 12.3 Å². The number of aliphatic hydroxyl groups excluding tert-OH is 1. The lowest BCUT2D eigenvalue weighted by atomic mass is 9.75. The molecule has 0 fully saturated rings. The van der Waals surface area contributed by atoms with E-state index in [1.807, 2.05) is 0 Å². The Morgan fingerprint density at radius 1 is 1.65 bits per heavy atom. The van der Waals surface area contributed by atoms with Crippen LogP contribution in [0.3, 0.4) is 0 Å². The van der Waals surface area contributed by atoms with Gasteiger partial charge in [-0.05, 0) is 31.2 Å². The minimum atomic E-state index is -0.322. The molecule has 0 aromatic carbocycles. The molecule has 17 heavy (non-hydrogen) atoms. The standard InChI is InChI=1S/C14H20BrNO/c1-9(15)8-16-10(2)5-11-12(16)6-14(3,4)7-13(11)17/h5,13,17H,1,6-8H2,2-4H3. The van der Waals surface area contributed by atoms with Gasteiger partial charge in [0.1, 0.15) is 0 Å². The Balaban J connectivity index is 2.47. The fourth-order valence-electron chi connectivity index (χ4n) is 2.79. The Bertz CT molecular complexity index is 459. The highest BCUT2D eigenvalue weighted by Gasteiger charge is 2.33. The highest BCUT2D eigenvalue weighted by atomic mass is 79.9. The van der Waals surface area contributed by atoms with E-state index in [4.69, 9.17) is 0 Å². The first-order chi connectivity index (χ1) is 7.80. The van der Waals surface area contributed by atoms with Crippen LogP contribution in [0.2, 0.25) is 0 Å². The average molecular weight is 298 g/mol. The van der Waals surface area contributed by atoms with Crippen LogP contribution in [-0.2, 0) is 13.0 Å². The van der Waals surface area contributed by atoms with E-state index < -0.39 is 0 Å². The predicted octanol–water partition coefficient (Wildman–Crippen LogP) is 3.71. The molecule has 1 N–H and O–H groups in total. The molecule has 1 aromatic heterocycles.